The van der Waals surface area contributed by atoms with Crippen LogP contribution in [-0.2, 0) is 11.2 Å². The molecule has 0 spiro atoms. The fourth-order valence-corrected chi connectivity index (χ4v) is 1.95. The molecular weight excluding hydrogens is 263 g/mol. The van der Waals surface area contributed by atoms with Gasteiger partial charge in [0, 0.05) is 13.0 Å². The Morgan fingerprint density at radius 2 is 2.26 bits per heavy atom. The molecule has 1 N–H and O–H groups in total. The zero-order chi connectivity index (χ0) is 13.7. The predicted octanol–water partition coefficient (Wildman–Crippen LogP) is 1.66. The molecule has 1 unspecified atom stereocenters. The monoisotopic (exact) mass is 279 g/mol. The molecule has 108 valence electrons. The summed E-state index contributed by atoms with van der Waals surface area (Å²) in [6.07, 6.45) is -2.04. The van der Waals surface area contributed by atoms with Gasteiger partial charge in [-0.25, -0.2) is 0 Å². The Kier molecular flexibility index (Phi) is 4.76. The normalized spacial score (nSPS) is 20.7. The van der Waals surface area contributed by atoms with Gasteiger partial charge in [-0.15, -0.1) is 0 Å². The largest absolute Gasteiger partial charge is 0.411 e. The molecular formula is C11H16F3N3O2. The molecule has 5 nitrogen and oxygen atoms in total. The van der Waals surface area contributed by atoms with Crippen LogP contribution in [0.3, 0.4) is 0 Å². The van der Waals surface area contributed by atoms with Gasteiger partial charge >= 0.3 is 6.18 Å². The van der Waals surface area contributed by atoms with E-state index in [2.05, 4.69) is 20.2 Å². The van der Waals surface area contributed by atoms with Crippen LogP contribution in [0.15, 0.2) is 4.52 Å². The lowest BCUT2D eigenvalue weighted by Gasteiger charge is -2.18. The van der Waals surface area contributed by atoms with Crippen molar-refractivity contribution in [3.63, 3.8) is 0 Å². The fourth-order valence-electron chi connectivity index (χ4n) is 1.95. The number of alkyl halides is 3. The minimum Gasteiger partial charge on any atom is -0.372 e. The van der Waals surface area contributed by atoms with Gasteiger partial charge in [0.15, 0.2) is 5.82 Å². The highest BCUT2D eigenvalue weighted by Crippen LogP contribution is 2.21. The van der Waals surface area contributed by atoms with E-state index in [-0.39, 0.29) is 18.9 Å². The summed E-state index contributed by atoms with van der Waals surface area (Å²) in [5.74, 6) is 1.15. The van der Waals surface area contributed by atoms with E-state index in [0.29, 0.717) is 11.7 Å². The molecule has 2 rings (SSSR count). The maximum atomic E-state index is 11.8. The molecule has 0 saturated carbocycles. The lowest BCUT2D eigenvalue weighted by molar-refractivity contribution is -0.173. The van der Waals surface area contributed by atoms with E-state index in [0.717, 1.165) is 25.9 Å². The summed E-state index contributed by atoms with van der Waals surface area (Å²) in [5, 5.41) is 6.98. The van der Waals surface area contributed by atoms with Gasteiger partial charge in [-0.1, -0.05) is 5.16 Å². The number of hydrogen-bond acceptors (Lipinski definition) is 5. The van der Waals surface area contributed by atoms with Gasteiger partial charge in [0.1, 0.15) is 6.61 Å². The molecule has 1 aromatic heterocycles. The molecule has 0 radical (unpaired) electrons. The van der Waals surface area contributed by atoms with Gasteiger partial charge in [-0.2, -0.15) is 18.2 Å². The van der Waals surface area contributed by atoms with Crippen molar-refractivity contribution in [2.24, 2.45) is 0 Å². The van der Waals surface area contributed by atoms with Gasteiger partial charge < -0.3 is 14.6 Å². The summed E-state index contributed by atoms with van der Waals surface area (Å²) in [7, 11) is 0. The molecule has 0 amide bonds. The van der Waals surface area contributed by atoms with Crippen molar-refractivity contribution in [3.05, 3.63) is 11.7 Å². The number of halogens is 3. The lowest BCUT2D eigenvalue weighted by Crippen LogP contribution is -2.28. The molecule has 1 saturated heterocycles. The Labute approximate surface area is 108 Å². The smallest absolute Gasteiger partial charge is 0.372 e. The number of ether oxygens (including phenoxy) is 1. The highest BCUT2D eigenvalue weighted by molar-refractivity contribution is 4.96. The maximum absolute atomic E-state index is 11.8. The summed E-state index contributed by atoms with van der Waals surface area (Å²) in [6, 6.07) is 0. The summed E-state index contributed by atoms with van der Waals surface area (Å²) >= 11 is 0. The number of piperidine rings is 1. The molecule has 19 heavy (non-hydrogen) atoms. The molecule has 2 heterocycles. The van der Waals surface area contributed by atoms with Crippen molar-refractivity contribution in [2.45, 2.75) is 31.4 Å². The van der Waals surface area contributed by atoms with Crippen LogP contribution in [0, 0.1) is 0 Å². The molecule has 0 aliphatic carbocycles. The first-order valence-corrected chi connectivity index (χ1v) is 6.22. The average Bonchev–Trinajstić information content (AvgIpc) is 2.83. The van der Waals surface area contributed by atoms with Crippen LogP contribution < -0.4 is 5.32 Å². The molecule has 1 aliphatic rings. The Bertz CT molecular complexity index is 389. The topological polar surface area (TPSA) is 60.2 Å². The number of nitrogens with one attached hydrogen (secondary N) is 1. The number of aromatic nitrogens is 2. The highest BCUT2D eigenvalue weighted by atomic mass is 19.4. The average molecular weight is 279 g/mol. The number of nitrogens with zero attached hydrogens (tertiary/aromatic N) is 2. The van der Waals surface area contributed by atoms with Crippen molar-refractivity contribution in [1.29, 1.82) is 0 Å². The van der Waals surface area contributed by atoms with Gasteiger partial charge in [-0.3, -0.25) is 0 Å². The van der Waals surface area contributed by atoms with E-state index in [9.17, 15) is 13.2 Å². The minimum atomic E-state index is -4.30. The minimum absolute atomic E-state index is 0.0681. The van der Waals surface area contributed by atoms with E-state index < -0.39 is 12.8 Å². The molecule has 1 atom stereocenters. The van der Waals surface area contributed by atoms with E-state index in [1.165, 1.54) is 0 Å². The Morgan fingerprint density at radius 1 is 1.42 bits per heavy atom. The van der Waals surface area contributed by atoms with Gasteiger partial charge in [0.25, 0.3) is 0 Å². The standard InChI is InChI=1S/C11H16F3N3O2/c12-11(13,14)7-18-5-3-9-16-10(19-17-9)8-2-1-4-15-6-8/h8,15H,1-7H2. The third-order valence-corrected chi connectivity index (χ3v) is 2.87. The van der Waals surface area contributed by atoms with Crippen LogP contribution in [0.1, 0.15) is 30.5 Å². The van der Waals surface area contributed by atoms with Crippen LogP contribution >= 0.6 is 0 Å². The van der Waals surface area contributed by atoms with Crippen molar-refractivity contribution in [1.82, 2.24) is 15.5 Å². The second-order valence-electron chi connectivity index (χ2n) is 4.51. The van der Waals surface area contributed by atoms with Crippen molar-refractivity contribution in [3.8, 4) is 0 Å². The SMILES string of the molecule is FC(F)(F)COCCc1noc(C2CCCNC2)n1. The third-order valence-electron chi connectivity index (χ3n) is 2.87. The molecule has 1 fully saturated rings. The zero-order valence-electron chi connectivity index (χ0n) is 10.4. The fraction of sp³-hybridized carbons (Fsp3) is 0.818. The first kappa shape index (κ1) is 14.3. The summed E-state index contributed by atoms with van der Waals surface area (Å²) in [4.78, 5) is 4.19. The van der Waals surface area contributed by atoms with Gasteiger partial charge in [0.05, 0.1) is 12.5 Å². The molecule has 0 aromatic carbocycles. The van der Waals surface area contributed by atoms with Gasteiger partial charge in [0.2, 0.25) is 5.89 Å². The van der Waals surface area contributed by atoms with E-state index in [1.54, 1.807) is 0 Å². The Hall–Kier alpha value is -1.15. The van der Waals surface area contributed by atoms with Crippen molar-refractivity contribution < 1.29 is 22.4 Å². The van der Waals surface area contributed by atoms with Crippen LogP contribution in [0.4, 0.5) is 13.2 Å². The summed E-state index contributed by atoms with van der Waals surface area (Å²) in [6.45, 7) is 0.473. The van der Waals surface area contributed by atoms with E-state index >= 15 is 0 Å². The first-order valence-electron chi connectivity index (χ1n) is 6.22. The second-order valence-corrected chi connectivity index (χ2v) is 4.51. The Morgan fingerprint density at radius 3 is 2.95 bits per heavy atom. The molecule has 0 bridgehead atoms. The second kappa shape index (κ2) is 6.33. The van der Waals surface area contributed by atoms with Crippen LogP contribution in [-0.4, -0.2) is 42.6 Å². The maximum Gasteiger partial charge on any atom is 0.411 e. The van der Waals surface area contributed by atoms with Crippen LogP contribution in [0.2, 0.25) is 0 Å². The third kappa shape index (κ3) is 4.79. The molecule has 1 aromatic rings. The van der Waals surface area contributed by atoms with Crippen molar-refractivity contribution in [2.75, 3.05) is 26.3 Å². The van der Waals surface area contributed by atoms with Gasteiger partial charge in [-0.05, 0) is 19.4 Å². The first-order chi connectivity index (χ1) is 9.04. The summed E-state index contributed by atoms with van der Waals surface area (Å²) < 4.78 is 45.2. The van der Waals surface area contributed by atoms with E-state index in [4.69, 9.17) is 4.52 Å². The molecule has 1 aliphatic heterocycles. The van der Waals surface area contributed by atoms with Crippen LogP contribution in [0.5, 0.6) is 0 Å². The van der Waals surface area contributed by atoms with Crippen molar-refractivity contribution >= 4 is 0 Å². The molecule has 8 heteroatoms. The highest BCUT2D eigenvalue weighted by Gasteiger charge is 2.27. The Balaban J connectivity index is 1.74. The zero-order valence-corrected chi connectivity index (χ0v) is 10.4. The van der Waals surface area contributed by atoms with E-state index in [1.807, 2.05) is 0 Å². The lowest BCUT2D eigenvalue weighted by atomic mass is 10.00. The number of hydrogen-bond donors (Lipinski definition) is 1. The van der Waals surface area contributed by atoms with Crippen LogP contribution in [0.25, 0.3) is 0 Å². The number of rotatable bonds is 5. The predicted molar refractivity (Wildman–Crippen MR) is 59.7 cm³/mol. The summed E-state index contributed by atoms with van der Waals surface area (Å²) in [5.41, 5.74) is 0. The quantitative estimate of drug-likeness (QED) is 0.831.